The molecule has 0 bridgehead atoms. The molecule has 1 aliphatic carbocycles. The molecule has 2 aliphatic rings. The lowest BCUT2D eigenvalue weighted by atomic mass is 10.00. The van der Waals surface area contributed by atoms with E-state index in [0.29, 0.717) is 12.5 Å². The number of hydrogen-bond acceptors (Lipinski definition) is 3. The van der Waals surface area contributed by atoms with E-state index in [1.165, 1.54) is 30.6 Å². The van der Waals surface area contributed by atoms with E-state index < -0.39 is 12.1 Å². The molecule has 2 amide bonds. The van der Waals surface area contributed by atoms with Crippen molar-refractivity contribution in [2.75, 3.05) is 19.7 Å². The van der Waals surface area contributed by atoms with Crippen molar-refractivity contribution in [1.82, 2.24) is 10.2 Å². The van der Waals surface area contributed by atoms with Crippen molar-refractivity contribution in [1.29, 1.82) is 0 Å². The Morgan fingerprint density at radius 2 is 2.05 bits per heavy atom. The molecule has 1 heterocycles. The van der Waals surface area contributed by atoms with Gasteiger partial charge in [-0.1, -0.05) is 12.8 Å². The van der Waals surface area contributed by atoms with Gasteiger partial charge in [-0.2, -0.15) is 0 Å². The quantitative estimate of drug-likeness (QED) is 0.803. The van der Waals surface area contributed by atoms with Gasteiger partial charge in [0.05, 0.1) is 13.2 Å². The topological polar surface area (TPSA) is 78.9 Å². The molecule has 19 heavy (non-hydrogen) atoms. The highest BCUT2D eigenvalue weighted by Gasteiger charge is 2.30. The smallest absolute Gasteiger partial charge is 0.334 e. The molecule has 0 aromatic heterocycles. The Kier molecular flexibility index (Phi) is 4.63. The van der Waals surface area contributed by atoms with Gasteiger partial charge in [-0.15, -0.1) is 0 Å². The summed E-state index contributed by atoms with van der Waals surface area (Å²) in [6.07, 6.45) is 3.92. The molecule has 1 saturated heterocycles. The second-order valence-electron chi connectivity index (χ2n) is 5.43. The average molecular weight is 270 g/mol. The molecule has 0 aromatic rings. The van der Waals surface area contributed by atoms with Crippen LogP contribution < -0.4 is 5.32 Å². The van der Waals surface area contributed by atoms with E-state index in [0.717, 1.165) is 0 Å². The highest BCUT2D eigenvalue weighted by molar-refractivity contribution is 5.77. The maximum absolute atomic E-state index is 12.1. The third-order valence-electron chi connectivity index (χ3n) is 4.09. The molecule has 0 aromatic carbocycles. The zero-order valence-electron chi connectivity index (χ0n) is 11.3. The second-order valence-corrected chi connectivity index (χ2v) is 5.43. The first-order valence-corrected chi connectivity index (χ1v) is 6.98. The Bertz CT molecular complexity index is 342. The zero-order valence-corrected chi connectivity index (χ0v) is 11.3. The van der Waals surface area contributed by atoms with E-state index in [2.05, 4.69) is 5.32 Å². The minimum Gasteiger partial charge on any atom is -0.479 e. The number of nitrogens with one attached hydrogen (secondary N) is 1. The number of carboxylic acid groups (broad SMARTS) is 1. The number of carbonyl (C=O) groups is 2. The largest absolute Gasteiger partial charge is 0.479 e. The van der Waals surface area contributed by atoms with Crippen LogP contribution in [0.15, 0.2) is 0 Å². The summed E-state index contributed by atoms with van der Waals surface area (Å²) in [5.41, 5.74) is 0. The van der Waals surface area contributed by atoms with Gasteiger partial charge in [-0.05, 0) is 25.7 Å². The van der Waals surface area contributed by atoms with Crippen molar-refractivity contribution in [3.63, 3.8) is 0 Å². The van der Waals surface area contributed by atoms with E-state index in [9.17, 15) is 9.59 Å². The van der Waals surface area contributed by atoms with Crippen LogP contribution in [-0.2, 0) is 9.53 Å². The summed E-state index contributed by atoms with van der Waals surface area (Å²) in [7, 11) is 0. The predicted octanol–water partition coefficient (Wildman–Crippen LogP) is 1.06. The Morgan fingerprint density at radius 3 is 2.68 bits per heavy atom. The van der Waals surface area contributed by atoms with Gasteiger partial charge in [0.2, 0.25) is 0 Å². The lowest BCUT2D eigenvalue weighted by Crippen LogP contribution is -2.53. The van der Waals surface area contributed by atoms with Gasteiger partial charge < -0.3 is 20.1 Å². The van der Waals surface area contributed by atoms with Gasteiger partial charge in [-0.3, -0.25) is 0 Å². The van der Waals surface area contributed by atoms with Crippen LogP contribution in [0, 0.1) is 5.92 Å². The maximum Gasteiger partial charge on any atom is 0.334 e. The number of ether oxygens (including phenoxy) is 1. The van der Waals surface area contributed by atoms with Crippen LogP contribution >= 0.6 is 0 Å². The molecule has 2 unspecified atom stereocenters. The molecular weight excluding hydrogens is 248 g/mol. The van der Waals surface area contributed by atoms with Gasteiger partial charge in [0.15, 0.2) is 6.10 Å². The van der Waals surface area contributed by atoms with Crippen LogP contribution in [0.5, 0.6) is 0 Å². The van der Waals surface area contributed by atoms with Crippen LogP contribution in [0.3, 0.4) is 0 Å². The molecular formula is C13H22N2O4. The molecule has 2 atom stereocenters. The summed E-state index contributed by atoms with van der Waals surface area (Å²) in [5.74, 6) is -0.457. The maximum atomic E-state index is 12.1. The molecule has 2 N–H and O–H groups in total. The summed E-state index contributed by atoms with van der Waals surface area (Å²) < 4.78 is 5.10. The van der Waals surface area contributed by atoms with E-state index in [1.807, 2.05) is 6.92 Å². The molecule has 108 valence electrons. The Balaban J connectivity index is 1.83. The highest BCUT2D eigenvalue weighted by Crippen LogP contribution is 2.27. The molecule has 1 aliphatic heterocycles. The lowest BCUT2D eigenvalue weighted by Gasteiger charge is -2.32. The van der Waals surface area contributed by atoms with Crippen LogP contribution in [0.1, 0.15) is 32.6 Å². The van der Waals surface area contributed by atoms with E-state index in [-0.39, 0.29) is 25.2 Å². The van der Waals surface area contributed by atoms with Crippen molar-refractivity contribution in [3.8, 4) is 0 Å². The van der Waals surface area contributed by atoms with E-state index in [1.54, 1.807) is 0 Å². The summed E-state index contributed by atoms with van der Waals surface area (Å²) in [5, 5.41) is 11.9. The molecule has 6 heteroatoms. The number of carboxylic acids is 1. The summed E-state index contributed by atoms with van der Waals surface area (Å²) in [6, 6.07) is -0.0185. The SMILES string of the molecule is CC(NC(=O)N1CCOC(C(=O)O)C1)C1CCCC1. The number of hydrogen-bond donors (Lipinski definition) is 2. The van der Waals surface area contributed by atoms with Gasteiger partial charge >= 0.3 is 12.0 Å². The van der Waals surface area contributed by atoms with Gasteiger partial charge in [0.25, 0.3) is 0 Å². The van der Waals surface area contributed by atoms with Gasteiger partial charge in [-0.25, -0.2) is 9.59 Å². The monoisotopic (exact) mass is 270 g/mol. The Morgan fingerprint density at radius 1 is 1.37 bits per heavy atom. The zero-order chi connectivity index (χ0) is 13.8. The molecule has 0 spiro atoms. The normalized spacial score (nSPS) is 26.2. The highest BCUT2D eigenvalue weighted by atomic mass is 16.5. The minimum absolute atomic E-state index is 0.124. The predicted molar refractivity (Wildman–Crippen MR) is 68.9 cm³/mol. The molecule has 6 nitrogen and oxygen atoms in total. The first kappa shape index (κ1) is 14.1. The summed E-state index contributed by atoms with van der Waals surface area (Å²) in [4.78, 5) is 24.5. The van der Waals surface area contributed by atoms with Crippen molar-refractivity contribution in [3.05, 3.63) is 0 Å². The fraction of sp³-hybridized carbons (Fsp3) is 0.846. The first-order valence-electron chi connectivity index (χ1n) is 6.98. The van der Waals surface area contributed by atoms with Crippen LogP contribution in [0.4, 0.5) is 4.79 Å². The van der Waals surface area contributed by atoms with Crippen LogP contribution in [-0.4, -0.2) is 53.8 Å². The van der Waals surface area contributed by atoms with Gasteiger partial charge in [0.1, 0.15) is 0 Å². The van der Waals surface area contributed by atoms with Crippen molar-refractivity contribution in [2.24, 2.45) is 5.92 Å². The number of urea groups is 1. The van der Waals surface area contributed by atoms with Crippen LogP contribution in [0.25, 0.3) is 0 Å². The Labute approximate surface area is 113 Å². The summed E-state index contributed by atoms with van der Waals surface area (Å²) >= 11 is 0. The minimum atomic E-state index is -1.01. The fourth-order valence-electron chi connectivity index (χ4n) is 2.84. The number of carbonyl (C=O) groups excluding carboxylic acids is 1. The molecule has 2 rings (SSSR count). The molecule has 2 fully saturated rings. The van der Waals surface area contributed by atoms with E-state index in [4.69, 9.17) is 9.84 Å². The average Bonchev–Trinajstić information content (AvgIpc) is 2.92. The number of rotatable bonds is 3. The first-order chi connectivity index (χ1) is 9.08. The molecule has 1 saturated carbocycles. The fourth-order valence-corrected chi connectivity index (χ4v) is 2.84. The summed E-state index contributed by atoms with van der Waals surface area (Å²) in [6.45, 7) is 2.89. The van der Waals surface area contributed by atoms with Crippen molar-refractivity contribution in [2.45, 2.75) is 44.8 Å². The second kappa shape index (κ2) is 6.23. The Hall–Kier alpha value is -1.30. The third kappa shape index (κ3) is 3.59. The third-order valence-corrected chi connectivity index (χ3v) is 4.09. The number of amides is 2. The van der Waals surface area contributed by atoms with E-state index >= 15 is 0 Å². The number of nitrogens with zero attached hydrogens (tertiary/aromatic N) is 1. The van der Waals surface area contributed by atoms with Crippen LogP contribution in [0.2, 0.25) is 0 Å². The lowest BCUT2D eigenvalue weighted by molar-refractivity contribution is -0.154. The molecule has 0 radical (unpaired) electrons. The van der Waals surface area contributed by atoms with Crippen molar-refractivity contribution < 1.29 is 19.4 Å². The van der Waals surface area contributed by atoms with Crippen molar-refractivity contribution >= 4 is 12.0 Å². The number of aliphatic carboxylic acids is 1. The standard InChI is InChI=1S/C13H22N2O4/c1-9(10-4-2-3-5-10)14-13(18)15-6-7-19-11(8-15)12(16)17/h9-11H,2-8H2,1H3,(H,14,18)(H,16,17). The number of morpholine rings is 1. The van der Waals surface area contributed by atoms with Gasteiger partial charge in [0, 0.05) is 12.6 Å².